The summed E-state index contributed by atoms with van der Waals surface area (Å²) >= 11 is 0. The van der Waals surface area contributed by atoms with E-state index in [1.54, 1.807) is 0 Å². The van der Waals surface area contributed by atoms with Gasteiger partial charge in [-0.3, -0.25) is 9.89 Å². The van der Waals surface area contributed by atoms with Crippen molar-refractivity contribution in [2.24, 2.45) is 10.7 Å². The fourth-order valence-electron chi connectivity index (χ4n) is 2.94. The first kappa shape index (κ1) is 17.8. The van der Waals surface area contributed by atoms with Crippen LogP contribution in [0.5, 0.6) is 0 Å². The summed E-state index contributed by atoms with van der Waals surface area (Å²) in [6.07, 6.45) is 0. The molecular weight excluding hydrogens is 288 g/mol. The molecule has 0 saturated carbocycles. The lowest BCUT2D eigenvalue weighted by Gasteiger charge is -2.34. The number of benzene rings is 1. The Morgan fingerprint density at radius 1 is 1.22 bits per heavy atom. The van der Waals surface area contributed by atoms with Gasteiger partial charge in [-0.2, -0.15) is 0 Å². The number of rotatable bonds is 6. The molecule has 5 heteroatoms. The molecule has 0 aromatic heterocycles. The first-order valence-corrected chi connectivity index (χ1v) is 8.59. The van der Waals surface area contributed by atoms with Gasteiger partial charge in [0, 0.05) is 26.2 Å². The average molecular weight is 318 g/mol. The van der Waals surface area contributed by atoms with Gasteiger partial charge in [-0.1, -0.05) is 29.8 Å². The van der Waals surface area contributed by atoms with Crippen molar-refractivity contribution in [2.45, 2.75) is 26.8 Å². The lowest BCUT2D eigenvalue weighted by molar-refractivity contribution is 0.0179. The van der Waals surface area contributed by atoms with Crippen LogP contribution >= 0.6 is 0 Å². The number of hydrogen-bond acceptors (Lipinski definition) is 3. The summed E-state index contributed by atoms with van der Waals surface area (Å²) in [5.74, 6) is 0.639. The van der Waals surface area contributed by atoms with E-state index >= 15 is 0 Å². The Labute approximate surface area is 140 Å². The van der Waals surface area contributed by atoms with E-state index in [4.69, 9.17) is 10.5 Å². The fourth-order valence-corrected chi connectivity index (χ4v) is 2.94. The van der Waals surface area contributed by atoms with E-state index in [1.807, 2.05) is 0 Å². The average Bonchev–Trinajstić information content (AvgIpc) is 2.58. The van der Waals surface area contributed by atoms with Crippen molar-refractivity contribution >= 4 is 5.96 Å². The number of ether oxygens (including phenoxy) is 1. The van der Waals surface area contributed by atoms with Gasteiger partial charge in [-0.15, -0.1) is 0 Å². The second-order valence-corrected chi connectivity index (χ2v) is 5.95. The molecule has 0 aliphatic carbocycles. The number of aryl methyl sites for hydroxylation is 1. The van der Waals surface area contributed by atoms with Crippen LogP contribution in [0.1, 0.15) is 31.0 Å². The van der Waals surface area contributed by atoms with E-state index < -0.39 is 0 Å². The normalized spacial score (nSPS) is 18.0. The molecule has 0 unspecified atom stereocenters. The molecule has 1 aromatic carbocycles. The lowest BCUT2D eigenvalue weighted by atomic mass is 10.0. The molecule has 1 heterocycles. The molecule has 1 saturated heterocycles. The van der Waals surface area contributed by atoms with Crippen molar-refractivity contribution in [1.82, 2.24) is 9.80 Å². The Bertz CT molecular complexity index is 490. The molecule has 1 atom stereocenters. The predicted octanol–water partition coefficient (Wildman–Crippen LogP) is 2.02. The molecular formula is C18H30N4O. The van der Waals surface area contributed by atoms with Gasteiger partial charge >= 0.3 is 0 Å². The Hall–Kier alpha value is -1.59. The second-order valence-electron chi connectivity index (χ2n) is 5.95. The van der Waals surface area contributed by atoms with Gasteiger partial charge < -0.3 is 15.4 Å². The summed E-state index contributed by atoms with van der Waals surface area (Å²) in [6, 6.07) is 9.01. The molecule has 0 bridgehead atoms. The summed E-state index contributed by atoms with van der Waals surface area (Å²) in [5.41, 5.74) is 8.73. The predicted molar refractivity (Wildman–Crippen MR) is 95.7 cm³/mol. The van der Waals surface area contributed by atoms with Crippen LogP contribution in [0.15, 0.2) is 29.3 Å². The Morgan fingerprint density at radius 2 is 1.83 bits per heavy atom. The highest BCUT2D eigenvalue weighted by Crippen LogP contribution is 2.23. The van der Waals surface area contributed by atoms with Crippen molar-refractivity contribution in [1.29, 1.82) is 0 Å². The van der Waals surface area contributed by atoms with Crippen molar-refractivity contribution in [3.8, 4) is 0 Å². The highest BCUT2D eigenvalue weighted by atomic mass is 16.5. The van der Waals surface area contributed by atoms with Crippen molar-refractivity contribution < 1.29 is 4.74 Å². The van der Waals surface area contributed by atoms with Crippen LogP contribution in [0.25, 0.3) is 0 Å². The first-order chi connectivity index (χ1) is 11.2. The van der Waals surface area contributed by atoms with Crippen LogP contribution in [0.3, 0.4) is 0 Å². The minimum absolute atomic E-state index is 0.258. The number of aliphatic imine (C=N–C) groups is 1. The maximum absolute atomic E-state index is 6.15. The van der Waals surface area contributed by atoms with E-state index in [-0.39, 0.29) is 6.04 Å². The van der Waals surface area contributed by atoms with Gasteiger partial charge in [0.15, 0.2) is 5.96 Å². The first-order valence-electron chi connectivity index (χ1n) is 8.59. The molecule has 1 aliphatic heterocycles. The summed E-state index contributed by atoms with van der Waals surface area (Å²) in [6.45, 7) is 12.2. The van der Waals surface area contributed by atoms with Crippen molar-refractivity contribution in [3.05, 3.63) is 35.4 Å². The topological polar surface area (TPSA) is 54.1 Å². The van der Waals surface area contributed by atoms with Crippen molar-refractivity contribution in [3.63, 3.8) is 0 Å². The van der Waals surface area contributed by atoms with Crippen LogP contribution in [0.4, 0.5) is 0 Å². The standard InChI is InChI=1S/C18H30N4O/c1-4-21(5-2)18(19)20-14-17(22-10-12-23-13-11-22)16-8-6-15(3)7-9-16/h6-9,17H,4-5,10-14H2,1-3H3,(H2,19,20)/t17-/m0/s1. The zero-order valence-corrected chi connectivity index (χ0v) is 14.7. The van der Waals surface area contributed by atoms with Gasteiger partial charge in [0.25, 0.3) is 0 Å². The molecule has 23 heavy (non-hydrogen) atoms. The molecule has 2 N–H and O–H groups in total. The van der Waals surface area contributed by atoms with Gasteiger partial charge in [0.2, 0.25) is 0 Å². The SMILES string of the molecule is CCN(CC)C(N)=NC[C@@H](c1ccc(C)cc1)N1CCOCC1. The van der Waals surface area contributed by atoms with Gasteiger partial charge in [0.05, 0.1) is 25.8 Å². The number of nitrogens with two attached hydrogens (primary N) is 1. The Morgan fingerprint density at radius 3 is 2.39 bits per heavy atom. The summed E-state index contributed by atoms with van der Waals surface area (Å²) in [5, 5.41) is 0. The maximum Gasteiger partial charge on any atom is 0.191 e. The molecule has 0 radical (unpaired) electrons. The van der Waals surface area contributed by atoms with E-state index in [0.717, 1.165) is 39.4 Å². The van der Waals surface area contributed by atoms with E-state index in [2.05, 4.69) is 59.8 Å². The number of nitrogens with zero attached hydrogens (tertiary/aromatic N) is 3. The smallest absolute Gasteiger partial charge is 0.191 e. The van der Waals surface area contributed by atoms with Gasteiger partial charge in [0.1, 0.15) is 0 Å². The third kappa shape index (κ3) is 4.94. The molecule has 2 rings (SSSR count). The summed E-state index contributed by atoms with van der Waals surface area (Å²) in [7, 11) is 0. The number of morpholine rings is 1. The number of hydrogen-bond donors (Lipinski definition) is 1. The molecule has 0 amide bonds. The monoisotopic (exact) mass is 318 g/mol. The lowest BCUT2D eigenvalue weighted by Crippen LogP contribution is -2.41. The highest BCUT2D eigenvalue weighted by molar-refractivity contribution is 5.78. The Balaban J connectivity index is 2.16. The molecule has 1 fully saturated rings. The van der Waals surface area contributed by atoms with E-state index in [0.29, 0.717) is 12.5 Å². The molecule has 5 nitrogen and oxygen atoms in total. The zero-order valence-electron chi connectivity index (χ0n) is 14.7. The molecule has 1 aliphatic rings. The van der Waals surface area contributed by atoms with Crippen molar-refractivity contribution in [2.75, 3.05) is 45.9 Å². The van der Waals surface area contributed by atoms with Crippen LogP contribution in [0.2, 0.25) is 0 Å². The summed E-state index contributed by atoms with van der Waals surface area (Å²) < 4.78 is 5.49. The van der Waals surface area contributed by atoms with Crippen LogP contribution in [-0.4, -0.2) is 61.7 Å². The zero-order chi connectivity index (χ0) is 16.7. The van der Waals surface area contributed by atoms with E-state index in [9.17, 15) is 0 Å². The fraction of sp³-hybridized carbons (Fsp3) is 0.611. The van der Waals surface area contributed by atoms with Gasteiger partial charge in [-0.05, 0) is 26.3 Å². The Kier molecular flexibility index (Phi) is 6.86. The third-order valence-electron chi connectivity index (χ3n) is 4.46. The van der Waals surface area contributed by atoms with Crippen LogP contribution < -0.4 is 5.73 Å². The second kappa shape index (κ2) is 8.89. The minimum Gasteiger partial charge on any atom is -0.379 e. The van der Waals surface area contributed by atoms with Crippen LogP contribution in [-0.2, 0) is 4.74 Å². The van der Waals surface area contributed by atoms with E-state index in [1.165, 1.54) is 11.1 Å². The highest BCUT2D eigenvalue weighted by Gasteiger charge is 2.22. The summed E-state index contributed by atoms with van der Waals surface area (Å²) in [4.78, 5) is 9.22. The largest absolute Gasteiger partial charge is 0.379 e. The maximum atomic E-state index is 6.15. The molecule has 0 spiro atoms. The van der Waals surface area contributed by atoms with Gasteiger partial charge in [-0.25, -0.2) is 0 Å². The quantitative estimate of drug-likeness (QED) is 0.644. The third-order valence-corrected chi connectivity index (χ3v) is 4.46. The molecule has 1 aromatic rings. The number of guanidine groups is 1. The molecule has 128 valence electrons. The van der Waals surface area contributed by atoms with Crippen LogP contribution in [0, 0.1) is 6.92 Å². The minimum atomic E-state index is 0.258.